The van der Waals surface area contributed by atoms with E-state index in [9.17, 15) is 0 Å². The minimum Gasteiger partial charge on any atom is -0.381 e. The van der Waals surface area contributed by atoms with Crippen LogP contribution in [0.5, 0.6) is 0 Å². The summed E-state index contributed by atoms with van der Waals surface area (Å²) in [4.78, 5) is 6.83. The van der Waals surface area contributed by atoms with E-state index >= 15 is 0 Å². The first-order valence-electron chi connectivity index (χ1n) is 8.60. The summed E-state index contributed by atoms with van der Waals surface area (Å²) in [7, 11) is 1.88. The number of hydrogen-bond acceptors (Lipinski definition) is 4. The Morgan fingerprint density at radius 2 is 2.17 bits per heavy atom. The normalized spacial score (nSPS) is 23.5. The van der Waals surface area contributed by atoms with Gasteiger partial charge in [0.1, 0.15) is 0 Å². The Labute approximate surface area is 162 Å². The molecule has 136 valence electrons. The van der Waals surface area contributed by atoms with Crippen LogP contribution in [0.2, 0.25) is 0 Å². The number of halogens is 1. The summed E-state index contributed by atoms with van der Waals surface area (Å²) in [6.45, 7) is 7.92. The van der Waals surface area contributed by atoms with Crippen LogP contribution in [0.25, 0.3) is 0 Å². The number of guanidine groups is 1. The zero-order chi connectivity index (χ0) is 15.6. The van der Waals surface area contributed by atoms with Crippen LogP contribution in [0.15, 0.2) is 4.99 Å². The van der Waals surface area contributed by atoms with E-state index < -0.39 is 0 Å². The molecule has 2 rings (SSSR count). The Morgan fingerprint density at radius 1 is 1.39 bits per heavy atom. The lowest BCUT2D eigenvalue weighted by molar-refractivity contribution is -0.0320. The highest BCUT2D eigenvalue weighted by Crippen LogP contribution is 2.20. The monoisotopic (exact) mass is 457 g/mol. The maximum Gasteiger partial charge on any atom is 0.193 e. The molecule has 5 nitrogen and oxygen atoms in total. The van der Waals surface area contributed by atoms with E-state index in [1.807, 2.05) is 7.05 Å². The fourth-order valence-electron chi connectivity index (χ4n) is 2.86. The maximum atomic E-state index is 5.90. The first-order valence-corrected chi connectivity index (χ1v) is 9.65. The van der Waals surface area contributed by atoms with Crippen molar-refractivity contribution in [3.8, 4) is 0 Å². The van der Waals surface area contributed by atoms with Crippen LogP contribution in [0.3, 0.4) is 0 Å². The molecule has 2 saturated heterocycles. The zero-order valence-corrected chi connectivity index (χ0v) is 17.6. The SMILES string of the molecule is CCC1CN(C(=NC)NCCCOC2CCOCC2)CCS1.I. The van der Waals surface area contributed by atoms with Gasteiger partial charge in [-0.1, -0.05) is 6.92 Å². The van der Waals surface area contributed by atoms with Crippen molar-refractivity contribution in [1.82, 2.24) is 10.2 Å². The van der Waals surface area contributed by atoms with Crippen molar-refractivity contribution in [2.45, 2.75) is 44.0 Å². The molecule has 2 aliphatic rings. The Morgan fingerprint density at radius 3 is 2.87 bits per heavy atom. The number of thioether (sulfide) groups is 1. The lowest BCUT2D eigenvalue weighted by atomic mass is 10.1. The Hall–Kier alpha value is 0.270. The molecular formula is C16H32IN3O2S. The lowest BCUT2D eigenvalue weighted by Crippen LogP contribution is -2.48. The van der Waals surface area contributed by atoms with E-state index in [-0.39, 0.29) is 24.0 Å². The molecule has 0 aromatic heterocycles. The van der Waals surface area contributed by atoms with Crippen LogP contribution in [-0.2, 0) is 9.47 Å². The third-order valence-corrected chi connectivity index (χ3v) is 5.60. The third-order valence-electron chi connectivity index (χ3n) is 4.23. The predicted molar refractivity (Wildman–Crippen MR) is 109 cm³/mol. The molecule has 1 atom stereocenters. The molecule has 0 amide bonds. The number of aliphatic imine (C=N–C) groups is 1. The summed E-state index contributed by atoms with van der Waals surface area (Å²) in [6.07, 6.45) is 4.74. The second-order valence-corrected chi connectivity index (χ2v) is 7.27. The Kier molecular flexibility index (Phi) is 11.7. The molecule has 1 unspecified atom stereocenters. The number of ether oxygens (including phenoxy) is 2. The molecular weight excluding hydrogens is 425 g/mol. The van der Waals surface area contributed by atoms with Gasteiger partial charge in [-0.05, 0) is 25.7 Å². The summed E-state index contributed by atoms with van der Waals surface area (Å²) in [6, 6.07) is 0. The van der Waals surface area contributed by atoms with Crippen molar-refractivity contribution in [2.24, 2.45) is 4.99 Å². The molecule has 0 aromatic rings. The first-order chi connectivity index (χ1) is 10.8. The van der Waals surface area contributed by atoms with E-state index in [1.165, 1.54) is 12.2 Å². The molecule has 2 heterocycles. The van der Waals surface area contributed by atoms with Gasteiger partial charge in [0.05, 0.1) is 6.10 Å². The van der Waals surface area contributed by atoms with Gasteiger partial charge in [0.2, 0.25) is 0 Å². The summed E-state index contributed by atoms with van der Waals surface area (Å²) in [5, 5.41) is 4.22. The van der Waals surface area contributed by atoms with Gasteiger partial charge in [0.15, 0.2) is 5.96 Å². The topological polar surface area (TPSA) is 46.1 Å². The second kappa shape index (κ2) is 12.6. The van der Waals surface area contributed by atoms with Gasteiger partial charge >= 0.3 is 0 Å². The van der Waals surface area contributed by atoms with E-state index in [4.69, 9.17) is 9.47 Å². The van der Waals surface area contributed by atoms with Crippen LogP contribution in [0.1, 0.15) is 32.6 Å². The van der Waals surface area contributed by atoms with Crippen LogP contribution < -0.4 is 5.32 Å². The minimum absolute atomic E-state index is 0. The number of nitrogens with one attached hydrogen (secondary N) is 1. The highest BCUT2D eigenvalue weighted by atomic mass is 127. The average Bonchev–Trinajstić information content (AvgIpc) is 2.59. The van der Waals surface area contributed by atoms with Crippen LogP contribution in [0, 0.1) is 0 Å². The van der Waals surface area contributed by atoms with Gasteiger partial charge in [-0.2, -0.15) is 11.8 Å². The summed E-state index contributed by atoms with van der Waals surface area (Å²) in [5.41, 5.74) is 0. The van der Waals surface area contributed by atoms with E-state index in [1.54, 1.807) is 0 Å². The molecule has 23 heavy (non-hydrogen) atoms. The average molecular weight is 457 g/mol. The van der Waals surface area contributed by atoms with Gasteiger partial charge < -0.3 is 19.7 Å². The molecule has 2 aliphatic heterocycles. The molecule has 7 heteroatoms. The fourth-order valence-corrected chi connectivity index (χ4v) is 4.04. The number of rotatable bonds is 6. The Balaban J connectivity index is 0.00000264. The minimum atomic E-state index is 0. The zero-order valence-electron chi connectivity index (χ0n) is 14.5. The maximum absolute atomic E-state index is 5.90. The third kappa shape index (κ3) is 7.79. The molecule has 0 aliphatic carbocycles. The molecule has 0 bridgehead atoms. The summed E-state index contributed by atoms with van der Waals surface area (Å²) < 4.78 is 11.2. The van der Waals surface area contributed by atoms with Gasteiger partial charge in [0, 0.05) is 57.5 Å². The standard InChI is InChI=1S/C16H31N3O2S.HI/c1-3-15-13-19(8-12-22-15)16(17-2)18-7-4-9-21-14-5-10-20-11-6-14;/h14-15H,3-13H2,1-2H3,(H,17,18);1H. The van der Waals surface area contributed by atoms with Gasteiger partial charge in [-0.25, -0.2) is 0 Å². The molecule has 0 spiro atoms. The van der Waals surface area contributed by atoms with Crippen molar-refractivity contribution >= 4 is 41.7 Å². The van der Waals surface area contributed by atoms with Crippen molar-refractivity contribution in [1.29, 1.82) is 0 Å². The quantitative estimate of drug-likeness (QED) is 0.288. The summed E-state index contributed by atoms with van der Waals surface area (Å²) in [5.74, 6) is 2.25. The van der Waals surface area contributed by atoms with Crippen LogP contribution in [0.4, 0.5) is 0 Å². The summed E-state index contributed by atoms with van der Waals surface area (Å²) >= 11 is 2.09. The van der Waals surface area contributed by atoms with Crippen molar-refractivity contribution in [2.75, 3.05) is 52.3 Å². The molecule has 1 N–H and O–H groups in total. The van der Waals surface area contributed by atoms with Crippen LogP contribution in [-0.4, -0.2) is 74.5 Å². The molecule has 0 aromatic carbocycles. The van der Waals surface area contributed by atoms with Crippen molar-refractivity contribution in [3.63, 3.8) is 0 Å². The number of hydrogen-bond donors (Lipinski definition) is 1. The fraction of sp³-hybridized carbons (Fsp3) is 0.938. The highest BCUT2D eigenvalue weighted by molar-refractivity contribution is 14.0. The van der Waals surface area contributed by atoms with E-state index in [2.05, 4.69) is 33.9 Å². The van der Waals surface area contributed by atoms with Crippen molar-refractivity contribution in [3.05, 3.63) is 0 Å². The first kappa shape index (κ1) is 21.3. The number of nitrogens with zero attached hydrogens (tertiary/aromatic N) is 2. The largest absolute Gasteiger partial charge is 0.381 e. The van der Waals surface area contributed by atoms with Crippen molar-refractivity contribution < 1.29 is 9.47 Å². The van der Waals surface area contributed by atoms with E-state index in [0.29, 0.717) is 6.10 Å². The molecule has 2 fully saturated rings. The highest BCUT2D eigenvalue weighted by Gasteiger charge is 2.21. The van der Waals surface area contributed by atoms with E-state index in [0.717, 1.165) is 69.9 Å². The van der Waals surface area contributed by atoms with Gasteiger partial charge in [-0.3, -0.25) is 4.99 Å². The predicted octanol–water partition coefficient (Wildman–Crippen LogP) is 2.59. The van der Waals surface area contributed by atoms with Gasteiger partial charge in [-0.15, -0.1) is 24.0 Å². The molecule has 0 radical (unpaired) electrons. The van der Waals surface area contributed by atoms with Gasteiger partial charge in [0.25, 0.3) is 0 Å². The van der Waals surface area contributed by atoms with Crippen LogP contribution >= 0.6 is 35.7 Å². The smallest absolute Gasteiger partial charge is 0.193 e. The lowest BCUT2D eigenvalue weighted by Gasteiger charge is -2.34. The Bertz CT molecular complexity index is 341. The second-order valence-electron chi connectivity index (χ2n) is 5.86. The molecule has 0 saturated carbocycles.